The van der Waals surface area contributed by atoms with Gasteiger partial charge in [-0.25, -0.2) is 8.78 Å². The van der Waals surface area contributed by atoms with E-state index in [4.69, 9.17) is 4.74 Å². The highest BCUT2D eigenvalue weighted by atomic mass is 127. The first-order chi connectivity index (χ1) is 44.0. The predicted octanol–water partition coefficient (Wildman–Crippen LogP) is 0.285. The van der Waals surface area contributed by atoms with E-state index in [9.17, 15) is 77.6 Å². The van der Waals surface area contributed by atoms with Gasteiger partial charge in [-0.15, -0.1) is 0 Å². The Kier molecular flexibility index (Phi) is 31.2. The van der Waals surface area contributed by atoms with E-state index in [1.807, 2.05) is 24.3 Å². The van der Waals surface area contributed by atoms with Gasteiger partial charge in [0.15, 0.2) is 0 Å². The standard InChI is InChI=1S/C60H82F2IN13O14S2/c61-60(62)32-44(33-64)76(41-60)53(80)34-68-57(87)46-11-12-65-48-10-9-45(31-47(46)48)90-28-2-15-70-24-26-75(27-25-70)59(89)50(77)40-92-30-14-67-58(88)49(39-91-29-13-66-51(78)4-1-3-42-5-7-43(63)8-6-42)69-52(79)35-71-16-18-72(36-54(81)82)20-22-74(38-56(85)86)23-21-73(19-17-71)37-55(83)84/h5-12,31,44,49-50,77H,1-4,13-30,32,34-41H2,(H,66,78)(H,67,88)(H,68,87)(H,69,79)(H,81,82)(H,83,84)(H,85,86)/t44-,49?,50-/m1/s1. The summed E-state index contributed by atoms with van der Waals surface area (Å²) >= 11 is 4.85. The molecule has 1 aromatic heterocycles. The average Bonchev–Trinajstić information content (AvgIpc) is 1.21. The fourth-order valence-corrected chi connectivity index (χ4v) is 12.6. The third-order valence-corrected chi connectivity index (χ3v) is 18.3. The van der Waals surface area contributed by atoms with Gasteiger partial charge in [-0.3, -0.25) is 72.6 Å². The smallest absolute Gasteiger partial charge is 0.317 e. The molecular formula is C60H82F2IN13O14S2. The monoisotopic (exact) mass is 1440 g/mol. The minimum absolute atomic E-state index is 0.0623. The molecule has 0 radical (unpaired) electrons. The van der Waals surface area contributed by atoms with Crippen molar-refractivity contribution in [3.63, 3.8) is 0 Å². The highest BCUT2D eigenvalue weighted by Gasteiger charge is 2.47. The first kappa shape index (κ1) is 74.5. The first-order valence-electron chi connectivity index (χ1n) is 30.4. The zero-order valence-corrected chi connectivity index (χ0v) is 55.0. The van der Waals surface area contributed by atoms with E-state index in [1.165, 1.54) is 35.8 Å². The summed E-state index contributed by atoms with van der Waals surface area (Å²) in [5.74, 6) is -7.99. The Labute approximate surface area is 554 Å². The largest absolute Gasteiger partial charge is 0.494 e. The SMILES string of the molecule is N#C[C@H]1CC(F)(F)CN1C(=O)CNC(=O)c1ccnc2ccc(OCCCN3CCN(C(=O)[C@H](O)CSCCNC(=O)C(CSCCNC(=O)CCCc4ccc(I)cc4)NC(=O)CN4CCN(CC(=O)O)CCN(CC(=O)O)CCN(CC(=O)O)CC4)CC3)cc12. The minimum Gasteiger partial charge on any atom is -0.494 e. The molecule has 3 fully saturated rings. The van der Waals surface area contributed by atoms with E-state index in [0.717, 1.165) is 20.5 Å². The number of thioether (sulfide) groups is 2. The van der Waals surface area contributed by atoms with E-state index in [2.05, 4.69) is 53.7 Å². The van der Waals surface area contributed by atoms with Gasteiger partial charge in [0.1, 0.15) is 23.9 Å². The number of aromatic nitrogens is 1. The number of aliphatic hydroxyl groups excluding tert-OH is 1. The Balaban J connectivity index is 0.934. The molecule has 4 heterocycles. The predicted molar refractivity (Wildman–Crippen MR) is 347 cm³/mol. The van der Waals surface area contributed by atoms with Gasteiger partial charge in [0, 0.05) is 149 Å². The lowest BCUT2D eigenvalue weighted by Crippen LogP contribution is -2.53. The van der Waals surface area contributed by atoms with Gasteiger partial charge in [-0.1, -0.05) is 12.1 Å². The van der Waals surface area contributed by atoms with Crippen molar-refractivity contribution < 1.29 is 77.1 Å². The maximum absolute atomic E-state index is 13.9. The van der Waals surface area contributed by atoms with Gasteiger partial charge in [0.05, 0.1) is 63.0 Å². The molecule has 0 bridgehead atoms. The molecule has 32 heteroatoms. The van der Waals surface area contributed by atoms with Crippen molar-refractivity contribution in [1.82, 2.24) is 60.6 Å². The lowest BCUT2D eigenvalue weighted by molar-refractivity contribution is -0.141. The number of halogens is 3. The molecule has 0 aliphatic carbocycles. The van der Waals surface area contributed by atoms with Crippen LogP contribution >= 0.6 is 46.1 Å². The summed E-state index contributed by atoms with van der Waals surface area (Å²) in [7, 11) is 0. The number of hydrogen-bond donors (Lipinski definition) is 8. The van der Waals surface area contributed by atoms with Crippen LogP contribution in [-0.4, -0.2) is 304 Å². The second-order valence-corrected chi connectivity index (χ2v) is 26.1. The Bertz CT molecular complexity index is 2990. The number of aryl methyl sites for hydroxylation is 1. The van der Waals surface area contributed by atoms with Crippen LogP contribution in [-0.2, 0) is 44.8 Å². The number of benzene rings is 2. The summed E-state index contributed by atoms with van der Waals surface area (Å²) < 4.78 is 35.0. The summed E-state index contributed by atoms with van der Waals surface area (Å²) in [6.07, 6.45) is 1.75. The molecule has 3 aliphatic heterocycles. The van der Waals surface area contributed by atoms with Gasteiger partial charge in [0.2, 0.25) is 23.6 Å². The summed E-state index contributed by atoms with van der Waals surface area (Å²) in [4.78, 5) is 130. The summed E-state index contributed by atoms with van der Waals surface area (Å²) in [6, 6.07) is 14.0. The number of carboxylic acid groups (broad SMARTS) is 3. The van der Waals surface area contributed by atoms with E-state index in [-0.39, 0.29) is 108 Å². The second kappa shape index (κ2) is 38.6. The van der Waals surface area contributed by atoms with Crippen LogP contribution in [0.2, 0.25) is 0 Å². The van der Waals surface area contributed by atoms with E-state index < -0.39 is 91.1 Å². The minimum atomic E-state index is -3.19. The van der Waals surface area contributed by atoms with Crippen LogP contribution in [0.25, 0.3) is 10.9 Å². The van der Waals surface area contributed by atoms with Crippen LogP contribution in [0.1, 0.15) is 41.6 Å². The third kappa shape index (κ3) is 26.4. The van der Waals surface area contributed by atoms with Gasteiger partial charge in [0.25, 0.3) is 17.7 Å². The van der Waals surface area contributed by atoms with Crippen molar-refractivity contribution in [3.8, 4) is 11.8 Å². The average molecular weight is 1440 g/mol. The van der Waals surface area contributed by atoms with Crippen molar-refractivity contribution in [1.29, 1.82) is 5.26 Å². The molecule has 2 aromatic carbocycles. The summed E-state index contributed by atoms with van der Waals surface area (Å²) in [5.41, 5.74) is 1.81. The van der Waals surface area contributed by atoms with Crippen molar-refractivity contribution in [3.05, 3.63) is 69.4 Å². The molecule has 92 heavy (non-hydrogen) atoms. The van der Waals surface area contributed by atoms with E-state index in [1.54, 1.807) is 48.8 Å². The molecule has 6 amide bonds. The lowest BCUT2D eigenvalue weighted by atomic mass is 10.1. The number of likely N-dealkylation sites (tertiary alicyclic amines) is 1. The molecule has 8 N–H and O–H groups in total. The molecule has 3 saturated heterocycles. The zero-order valence-electron chi connectivity index (χ0n) is 51.2. The number of hydrogen-bond acceptors (Lipinski definition) is 20. The number of rotatable bonds is 33. The summed E-state index contributed by atoms with van der Waals surface area (Å²) in [5, 5.41) is 60.5. The number of carbonyl (C=O) groups is 9. The van der Waals surface area contributed by atoms with Crippen molar-refractivity contribution in [2.45, 2.75) is 56.2 Å². The topological polar surface area (TPSA) is 351 Å². The molecule has 3 aromatic rings. The van der Waals surface area contributed by atoms with E-state index in [0.29, 0.717) is 93.3 Å². The quantitative estimate of drug-likeness (QED) is 0.0300. The number of amides is 6. The van der Waals surface area contributed by atoms with Gasteiger partial charge in [-0.05, 0) is 83.8 Å². The molecule has 504 valence electrons. The number of carboxylic acids is 3. The summed E-state index contributed by atoms with van der Waals surface area (Å²) in [6.45, 7) is 2.21. The number of alkyl halides is 2. The van der Waals surface area contributed by atoms with E-state index >= 15 is 0 Å². The first-order valence-corrected chi connectivity index (χ1v) is 33.8. The van der Waals surface area contributed by atoms with Crippen molar-refractivity contribution in [2.24, 2.45) is 0 Å². The Hall–Kier alpha value is -6.58. The van der Waals surface area contributed by atoms with Gasteiger partial charge in [-0.2, -0.15) is 28.8 Å². The highest BCUT2D eigenvalue weighted by molar-refractivity contribution is 14.1. The maximum Gasteiger partial charge on any atom is 0.317 e. The zero-order chi connectivity index (χ0) is 66.6. The molecular weight excluding hydrogens is 1360 g/mol. The number of carbonyl (C=O) groups excluding carboxylic acids is 6. The Morgan fingerprint density at radius 2 is 1.29 bits per heavy atom. The number of aliphatic carboxylic acids is 3. The van der Waals surface area contributed by atoms with Crippen LogP contribution < -0.4 is 26.0 Å². The van der Waals surface area contributed by atoms with Gasteiger partial charge >= 0.3 is 17.9 Å². The Morgan fingerprint density at radius 3 is 1.89 bits per heavy atom. The van der Waals surface area contributed by atoms with Crippen LogP contribution in [0.15, 0.2) is 54.7 Å². The Morgan fingerprint density at radius 1 is 0.717 bits per heavy atom. The number of nitriles is 1. The number of piperazine rings is 1. The third-order valence-electron chi connectivity index (χ3n) is 15.4. The molecule has 1 unspecified atom stereocenters. The second-order valence-electron chi connectivity index (χ2n) is 22.5. The number of ether oxygens (including phenoxy) is 1. The fraction of sp³-hybridized carbons (Fsp3) is 0.583. The maximum atomic E-state index is 13.9. The van der Waals surface area contributed by atoms with Gasteiger partial charge < -0.3 is 56.2 Å². The molecule has 0 saturated carbocycles. The van der Waals surface area contributed by atoms with Crippen LogP contribution in [0.4, 0.5) is 8.78 Å². The fourth-order valence-electron chi connectivity index (χ4n) is 10.5. The number of fused-ring (bicyclic) bond motifs is 1. The lowest BCUT2D eigenvalue weighted by Gasteiger charge is -2.35. The molecule has 27 nitrogen and oxygen atoms in total. The van der Waals surface area contributed by atoms with Crippen LogP contribution in [0, 0.1) is 14.9 Å². The number of nitrogens with zero attached hydrogens (tertiary/aromatic N) is 9. The van der Waals surface area contributed by atoms with Crippen LogP contribution in [0.3, 0.4) is 0 Å². The molecule has 3 atom stereocenters. The van der Waals surface area contributed by atoms with Crippen molar-refractivity contribution in [2.75, 3.05) is 167 Å². The number of pyridine rings is 1. The molecule has 3 aliphatic rings. The highest BCUT2D eigenvalue weighted by Crippen LogP contribution is 2.32. The number of aliphatic hydroxyl groups is 1. The molecule has 6 rings (SSSR count). The van der Waals surface area contributed by atoms with Crippen molar-refractivity contribution >= 4 is 110 Å². The normalized spacial score (nSPS) is 17.9. The number of nitrogens with one attached hydrogen (secondary N) is 4. The molecule has 0 spiro atoms. The van der Waals surface area contributed by atoms with Crippen LogP contribution in [0.5, 0.6) is 5.75 Å².